The monoisotopic (exact) mass is 349 g/mol. The van der Waals surface area contributed by atoms with Crippen LogP contribution < -0.4 is 0 Å². The van der Waals surface area contributed by atoms with E-state index in [0.29, 0.717) is 30.7 Å². The maximum Gasteiger partial charge on any atom is 0.343 e. The molecule has 0 aliphatic carbocycles. The second kappa shape index (κ2) is 8.28. The predicted molar refractivity (Wildman–Crippen MR) is 93.8 cm³/mol. The van der Waals surface area contributed by atoms with E-state index >= 15 is 0 Å². The molecule has 3 aliphatic heterocycles. The molecule has 0 radical (unpaired) electrons. The summed E-state index contributed by atoms with van der Waals surface area (Å²) in [6.07, 6.45) is 3.94. The minimum absolute atomic E-state index is 0.129. The van der Waals surface area contributed by atoms with E-state index in [-0.39, 0.29) is 19.2 Å². The molecule has 1 aromatic rings. The van der Waals surface area contributed by atoms with Crippen LogP contribution in [0.2, 0.25) is 0 Å². The highest BCUT2D eigenvalue weighted by atomic mass is 19.1. The first-order valence-electron chi connectivity index (χ1n) is 9.41. The minimum atomic E-state index is -1.65. The lowest BCUT2D eigenvalue weighted by molar-refractivity contribution is -0.182. The highest BCUT2D eigenvalue weighted by molar-refractivity contribution is 5.81. The number of esters is 1. The molecular formula is C20H28FNO3. The quantitative estimate of drug-likeness (QED) is 0.579. The molecule has 0 amide bonds. The molecule has 0 unspecified atom stereocenters. The van der Waals surface area contributed by atoms with Crippen LogP contribution in [0.3, 0.4) is 0 Å². The van der Waals surface area contributed by atoms with Crippen LogP contribution in [0.5, 0.6) is 0 Å². The van der Waals surface area contributed by atoms with Crippen molar-refractivity contribution in [1.29, 1.82) is 0 Å². The van der Waals surface area contributed by atoms with Crippen LogP contribution in [0.25, 0.3) is 0 Å². The average molecular weight is 349 g/mol. The molecule has 2 atom stereocenters. The van der Waals surface area contributed by atoms with E-state index in [1.165, 1.54) is 0 Å². The molecule has 4 rings (SSSR count). The van der Waals surface area contributed by atoms with E-state index < -0.39 is 11.6 Å². The lowest BCUT2D eigenvalue weighted by Crippen LogP contribution is -2.53. The Morgan fingerprint density at radius 3 is 2.52 bits per heavy atom. The number of rotatable bonds is 8. The molecule has 1 aromatic carbocycles. The number of alkyl halides is 1. The zero-order valence-electron chi connectivity index (χ0n) is 14.7. The number of fused-ring (bicyclic) bond motifs is 3. The summed E-state index contributed by atoms with van der Waals surface area (Å²) in [4.78, 5) is 15.2. The summed E-state index contributed by atoms with van der Waals surface area (Å²) >= 11 is 0. The van der Waals surface area contributed by atoms with Gasteiger partial charge in [0, 0.05) is 6.54 Å². The van der Waals surface area contributed by atoms with Gasteiger partial charge < -0.3 is 9.84 Å². The van der Waals surface area contributed by atoms with E-state index in [1.54, 1.807) is 12.1 Å². The summed E-state index contributed by atoms with van der Waals surface area (Å²) in [6, 6.07) is 8.98. The zero-order chi connectivity index (χ0) is 17.7. The Balaban J connectivity index is 1.70. The summed E-state index contributed by atoms with van der Waals surface area (Å²) in [6.45, 7) is 2.55. The fourth-order valence-electron chi connectivity index (χ4n) is 4.01. The number of aliphatic hydroxyl groups is 1. The number of carbonyl (C=O) groups is 1. The van der Waals surface area contributed by atoms with Crippen LogP contribution in [0, 0.1) is 5.92 Å². The first kappa shape index (κ1) is 18.3. The van der Waals surface area contributed by atoms with Crippen molar-refractivity contribution in [2.24, 2.45) is 5.92 Å². The van der Waals surface area contributed by atoms with Gasteiger partial charge in [-0.2, -0.15) is 0 Å². The molecule has 0 spiro atoms. The van der Waals surface area contributed by atoms with Crippen LogP contribution in [-0.2, 0) is 15.1 Å². The molecular weight excluding hydrogens is 321 g/mol. The SMILES string of the molecule is O=C(O[C@H]1CN2CCC1CC2)[C@@](O)(CCCCCF)c1ccccc1. The average Bonchev–Trinajstić information content (AvgIpc) is 2.66. The summed E-state index contributed by atoms with van der Waals surface area (Å²) in [5, 5.41) is 11.2. The highest BCUT2D eigenvalue weighted by Crippen LogP contribution is 2.34. The van der Waals surface area contributed by atoms with Gasteiger partial charge in [-0.15, -0.1) is 0 Å². The third-order valence-electron chi connectivity index (χ3n) is 5.62. The van der Waals surface area contributed by atoms with E-state index in [0.717, 1.165) is 32.5 Å². The van der Waals surface area contributed by atoms with Gasteiger partial charge in [0.1, 0.15) is 6.10 Å². The van der Waals surface area contributed by atoms with Crippen molar-refractivity contribution in [3.8, 4) is 0 Å². The molecule has 2 bridgehead atoms. The van der Waals surface area contributed by atoms with Crippen molar-refractivity contribution >= 4 is 5.97 Å². The molecule has 1 N–H and O–H groups in total. The molecule has 138 valence electrons. The van der Waals surface area contributed by atoms with Crippen molar-refractivity contribution < 1.29 is 19.0 Å². The number of unbranched alkanes of at least 4 members (excludes halogenated alkanes) is 2. The standard InChI is InChI=1S/C20H28FNO3/c21-12-6-2-5-11-20(24,17-7-3-1-4-8-17)19(23)25-18-15-22-13-9-16(18)10-14-22/h1,3-4,7-8,16,18,24H,2,5-6,9-15H2/t18-,20+/m0/s1. The molecule has 4 nitrogen and oxygen atoms in total. The number of piperidine rings is 3. The molecule has 3 fully saturated rings. The van der Waals surface area contributed by atoms with Crippen molar-refractivity contribution in [3.05, 3.63) is 35.9 Å². The van der Waals surface area contributed by atoms with Crippen LogP contribution in [-0.4, -0.2) is 48.4 Å². The minimum Gasteiger partial charge on any atom is -0.458 e. The van der Waals surface area contributed by atoms with Crippen LogP contribution in [0.1, 0.15) is 44.1 Å². The number of hydrogen-bond acceptors (Lipinski definition) is 4. The Morgan fingerprint density at radius 1 is 1.20 bits per heavy atom. The Morgan fingerprint density at radius 2 is 1.92 bits per heavy atom. The lowest BCUT2D eigenvalue weighted by atomic mass is 9.85. The maximum atomic E-state index is 12.9. The zero-order valence-corrected chi connectivity index (χ0v) is 14.7. The fourth-order valence-corrected chi connectivity index (χ4v) is 4.01. The van der Waals surface area contributed by atoms with Gasteiger partial charge in [-0.1, -0.05) is 36.8 Å². The van der Waals surface area contributed by atoms with Gasteiger partial charge in [0.25, 0.3) is 0 Å². The summed E-state index contributed by atoms with van der Waals surface area (Å²) < 4.78 is 18.1. The molecule has 3 saturated heterocycles. The second-order valence-corrected chi connectivity index (χ2v) is 7.31. The number of ether oxygens (including phenoxy) is 1. The molecule has 5 heteroatoms. The summed E-state index contributed by atoms with van der Waals surface area (Å²) in [5.41, 5.74) is -1.09. The van der Waals surface area contributed by atoms with Crippen LogP contribution >= 0.6 is 0 Å². The normalized spacial score (nSPS) is 27.7. The van der Waals surface area contributed by atoms with Crippen molar-refractivity contribution in [3.63, 3.8) is 0 Å². The number of benzene rings is 1. The molecule has 25 heavy (non-hydrogen) atoms. The number of hydrogen-bond donors (Lipinski definition) is 1. The summed E-state index contributed by atoms with van der Waals surface area (Å²) in [7, 11) is 0. The van der Waals surface area contributed by atoms with Gasteiger partial charge >= 0.3 is 5.97 Å². The number of halogens is 1. The Bertz CT molecular complexity index is 559. The van der Waals surface area contributed by atoms with E-state index in [4.69, 9.17) is 4.74 Å². The smallest absolute Gasteiger partial charge is 0.343 e. The van der Waals surface area contributed by atoms with Crippen molar-refractivity contribution in [2.75, 3.05) is 26.3 Å². The fraction of sp³-hybridized carbons (Fsp3) is 0.650. The topological polar surface area (TPSA) is 49.8 Å². The number of carbonyl (C=O) groups excluding carboxylic acids is 1. The van der Waals surface area contributed by atoms with Gasteiger partial charge in [0.2, 0.25) is 0 Å². The van der Waals surface area contributed by atoms with Gasteiger partial charge in [0.05, 0.1) is 6.67 Å². The van der Waals surface area contributed by atoms with Gasteiger partial charge in [0.15, 0.2) is 5.60 Å². The van der Waals surface area contributed by atoms with Crippen LogP contribution in [0.15, 0.2) is 30.3 Å². The van der Waals surface area contributed by atoms with E-state index in [1.807, 2.05) is 18.2 Å². The van der Waals surface area contributed by atoms with E-state index in [9.17, 15) is 14.3 Å². The van der Waals surface area contributed by atoms with E-state index in [2.05, 4.69) is 4.90 Å². The van der Waals surface area contributed by atoms with Crippen LogP contribution in [0.4, 0.5) is 4.39 Å². The Hall–Kier alpha value is -1.46. The predicted octanol–water partition coefficient (Wildman–Crippen LogP) is 3.04. The lowest BCUT2D eigenvalue weighted by Gasteiger charge is -2.44. The third kappa shape index (κ3) is 4.21. The van der Waals surface area contributed by atoms with Crippen molar-refractivity contribution in [1.82, 2.24) is 4.90 Å². The maximum absolute atomic E-state index is 12.9. The molecule has 3 aliphatic rings. The third-order valence-corrected chi connectivity index (χ3v) is 5.62. The Labute approximate surface area is 149 Å². The molecule has 0 aromatic heterocycles. The van der Waals surface area contributed by atoms with Crippen molar-refractivity contribution in [2.45, 2.75) is 50.2 Å². The first-order valence-corrected chi connectivity index (χ1v) is 9.41. The highest BCUT2D eigenvalue weighted by Gasteiger charge is 2.43. The second-order valence-electron chi connectivity index (χ2n) is 7.31. The Kier molecular flexibility index (Phi) is 6.07. The summed E-state index contributed by atoms with van der Waals surface area (Å²) in [5.74, 6) is -0.154. The molecule has 3 heterocycles. The van der Waals surface area contributed by atoms with Gasteiger partial charge in [-0.05, 0) is 56.7 Å². The van der Waals surface area contributed by atoms with Gasteiger partial charge in [-0.25, -0.2) is 4.79 Å². The molecule has 0 saturated carbocycles. The van der Waals surface area contributed by atoms with Gasteiger partial charge in [-0.3, -0.25) is 9.29 Å². The first-order chi connectivity index (χ1) is 12.1. The number of nitrogens with zero attached hydrogens (tertiary/aromatic N) is 1. The largest absolute Gasteiger partial charge is 0.458 e.